The highest BCUT2D eigenvalue weighted by Gasteiger charge is 2.49. The van der Waals surface area contributed by atoms with Crippen LogP contribution in [0.4, 0.5) is 5.69 Å². The molecule has 2 aliphatic heterocycles. The molecule has 8 heteroatoms. The lowest BCUT2D eigenvalue weighted by molar-refractivity contribution is -0.991. The number of carbonyl (C=O) groups excluding carboxylic acids is 2. The van der Waals surface area contributed by atoms with Gasteiger partial charge >= 0.3 is 0 Å². The Balaban J connectivity index is 1.43. The van der Waals surface area contributed by atoms with Crippen molar-refractivity contribution in [1.82, 2.24) is 14.8 Å². The molecule has 3 heterocycles. The van der Waals surface area contributed by atoms with Crippen molar-refractivity contribution in [2.24, 2.45) is 0 Å². The Labute approximate surface area is 210 Å². The summed E-state index contributed by atoms with van der Waals surface area (Å²) >= 11 is 0. The summed E-state index contributed by atoms with van der Waals surface area (Å²) in [5.41, 5.74) is 3.96. The molecule has 0 bridgehead atoms. The number of quaternary nitrogens is 1. The van der Waals surface area contributed by atoms with Crippen LogP contribution in [0.3, 0.4) is 0 Å². The highest BCUT2D eigenvalue weighted by atomic mass is 16.8. The van der Waals surface area contributed by atoms with Crippen LogP contribution in [0.2, 0.25) is 0 Å². The van der Waals surface area contributed by atoms with Gasteiger partial charge in [-0.1, -0.05) is 62.4 Å². The van der Waals surface area contributed by atoms with E-state index >= 15 is 0 Å². The van der Waals surface area contributed by atoms with Gasteiger partial charge in [0, 0.05) is 41.2 Å². The Morgan fingerprint density at radius 1 is 0.944 bits per heavy atom. The van der Waals surface area contributed by atoms with Crippen LogP contribution in [-0.2, 0) is 16.0 Å². The Morgan fingerprint density at radius 3 is 2.36 bits per heavy atom. The molecule has 2 fully saturated rings. The molecular formula is C28H32N4O4. The summed E-state index contributed by atoms with van der Waals surface area (Å²) in [6.07, 6.45) is 8.24. The van der Waals surface area contributed by atoms with E-state index in [0.29, 0.717) is 6.42 Å². The van der Waals surface area contributed by atoms with Gasteiger partial charge in [-0.15, -0.1) is 0 Å². The Bertz CT molecular complexity index is 1280. The lowest BCUT2D eigenvalue weighted by Crippen LogP contribution is -2.99. The normalized spacial score (nSPS) is 24.3. The smallest absolute Gasteiger partial charge is 0.246 e. The molecule has 3 aromatic rings. The van der Waals surface area contributed by atoms with Gasteiger partial charge in [-0.25, -0.2) is 5.21 Å². The fourth-order valence-corrected chi connectivity index (χ4v) is 6.50. The summed E-state index contributed by atoms with van der Waals surface area (Å²) < 4.78 is 0. The standard InChI is InChI=1S/C28H32N4O4/c33-25-17-30(19-8-4-2-1-3-5-9-19)28(34)24-16-22-21-10-6-7-11-23(21)29-26(22)27(31(24)25)18-12-14-20(15-13-18)32(35)36/h6-7,10-15,19,24,27,29,32,35H,1-5,8-9,16-17H2/t24-,27?/m0/s1. The van der Waals surface area contributed by atoms with Gasteiger partial charge in [0.25, 0.3) is 0 Å². The molecule has 1 aliphatic carbocycles. The number of H-pyrrole nitrogens is 1. The quantitative estimate of drug-likeness (QED) is 0.492. The van der Waals surface area contributed by atoms with Gasteiger partial charge in [-0.3, -0.25) is 9.59 Å². The largest absolute Gasteiger partial charge is 0.595 e. The molecule has 2 aromatic carbocycles. The molecule has 6 rings (SSSR count). The average Bonchev–Trinajstić information content (AvgIpc) is 3.23. The minimum atomic E-state index is -0.992. The van der Waals surface area contributed by atoms with E-state index in [0.717, 1.165) is 53.4 Å². The van der Waals surface area contributed by atoms with E-state index in [1.54, 1.807) is 29.2 Å². The summed E-state index contributed by atoms with van der Waals surface area (Å²) in [6, 6.07) is 13.8. The summed E-state index contributed by atoms with van der Waals surface area (Å²) in [6.45, 7) is 0.110. The van der Waals surface area contributed by atoms with Gasteiger partial charge in [0.15, 0.2) is 5.69 Å². The zero-order valence-electron chi connectivity index (χ0n) is 20.3. The number of benzene rings is 2. The second-order valence-electron chi connectivity index (χ2n) is 10.4. The predicted octanol–water partition coefficient (Wildman–Crippen LogP) is 3.37. The number of hydrogen-bond acceptors (Lipinski definition) is 4. The van der Waals surface area contributed by atoms with Crippen LogP contribution in [0, 0.1) is 5.21 Å². The first-order chi connectivity index (χ1) is 17.5. The van der Waals surface area contributed by atoms with E-state index in [1.807, 2.05) is 23.1 Å². The SMILES string of the molecule is O=C1[C@@H]2Cc3c([nH]c4ccccc34)C(c3ccc([NH+]([O-])O)cc3)N2C(=O)CN1C1CCCCCCC1. The second kappa shape index (κ2) is 9.35. The van der Waals surface area contributed by atoms with Gasteiger partial charge in [0.05, 0.1) is 6.04 Å². The Kier molecular flexibility index (Phi) is 6.03. The van der Waals surface area contributed by atoms with Gasteiger partial charge in [-0.2, -0.15) is 5.23 Å². The Morgan fingerprint density at radius 2 is 1.64 bits per heavy atom. The maximum absolute atomic E-state index is 14.0. The molecule has 0 spiro atoms. The zero-order chi connectivity index (χ0) is 24.8. The third kappa shape index (κ3) is 3.89. The molecule has 1 saturated carbocycles. The number of nitrogens with zero attached hydrogens (tertiary/aromatic N) is 2. The van der Waals surface area contributed by atoms with Gasteiger partial charge < -0.3 is 20.0 Å². The number of hydrogen-bond donors (Lipinski definition) is 3. The number of nitrogens with one attached hydrogen (secondary N) is 2. The van der Waals surface area contributed by atoms with Crippen LogP contribution in [0.25, 0.3) is 10.9 Å². The number of rotatable bonds is 3. The maximum atomic E-state index is 14.0. The van der Waals surface area contributed by atoms with Crippen molar-refractivity contribution in [3.63, 3.8) is 0 Å². The van der Waals surface area contributed by atoms with Gasteiger partial charge in [0.1, 0.15) is 12.6 Å². The number of para-hydroxylation sites is 1. The minimum Gasteiger partial charge on any atom is -0.595 e. The molecule has 2 unspecified atom stereocenters. The number of amides is 2. The summed E-state index contributed by atoms with van der Waals surface area (Å²) in [5.74, 6) is 0.00142. The Hall–Kier alpha value is -3.20. The number of piperazine rings is 1. The first-order valence-electron chi connectivity index (χ1n) is 13.1. The van der Waals surface area contributed by atoms with Crippen LogP contribution < -0.4 is 5.23 Å². The average molecular weight is 489 g/mol. The number of aromatic nitrogens is 1. The first-order valence-corrected chi connectivity index (χ1v) is 13.1. The molecule has 8 nitrogen and oxygen atoms in total. The zero-order valence-corrected chi connectivity index (χ0v) is 20.3. The minimum absolute atomic E-state index is 0.0433. The van der Waals surface area contributed by atoms with Crippen molar-refractivity contribution in [3.8, 4) is 0 Å². The van der Waals surface area contributed by atoms with E-state index < -0.39 is 17.3 Å². The van der Waals surface area contributed by atoms with E-state index in [-0.39, 0.29) is 30.1 Å². The van der Waals surface area contributed by atoms with Crippen molar-refractivity contribution >= 4 is 28.4 Å². The molecule has 1 aromatic heterocycles. The van der Waals surface area contributed by atoms with Crippen LogP contribution in [0.1, 0.15) is 67.8 Å². The highest BCUT2D eigenvalue weighted by molar-refractivity contribution is 5.97. The van der Waals surface area contributed by atoms with E-state index in [1.165, 1.54) is 19.3 Å². The molecule has 0 radical (unpaired) electrons. The van der Waals surface area contributed by atoms with Crippen LogP contribution >= 0.6 is 0 Å². The maximum Gasteiger partial charge on any atom is 0.246 e. The molecule has 188 valence electrons. The predicted molar refractivity (Wildman–Crippen MR) is 135 cm³/mol. The molecule has 3 atom stereocenters. The van der Waals surface area contributed by atoms with E-state index in [2.05, 4.69) is 11.1 Å². The van der Waals surface area contributed by atoms with Crippen molar-refractivity contribution < 1.29 is 20.0 Å². The number of aromatic amines is 1. The van der Waals surface area contributed by atoms with Crippen LogP contribution in [0.15, 0.2) is 48.5 Å². The third-order valence-corrected chi connectivity index (χ3v) is 8.28. The van der Waals surface area contributed by atoms with Crippen LogP contribution in [0.5, 0.6) is 0 Å². The van der Waals surface area contributed by atoms with Crippen molar-refractivity contribution in [1.29, 1.82) is 0 Å². The van der Waals surface area contributed by atoms with Gasteiger partial charge in [0.2, 0.25) is 11.8 Å². The lowest BCUT2D eigenvalue weighted by atomic mass is 9.85. The van der Waals surface area contributed by atoms with Gasteiger partial charge in [-0.05, 0) is 30.0 Å². The molecule has 1 saturated heterocycles. The van der Waals surface area contributed by atoms with E-state index in [4.69, 9.17) is 0 Å². The topological polar surface area (TPSA) is 104 Å². The number of carbonyl (C=O) groups is 2. The first kappa shape index (κ1) is 23.2. The number of fused-ring (bicyclic) bond motifs is 4. The summed E-state index contributed by atoms with van der Waals surface area (Å²) in [7, 11) is 0. The molecule has 3 N–H and O–H groups in total. The summed E-state index contributed by atoms with van der Waals surface area (Å²) in [5, 5.41) is 20.9. The van der Waals surface area contributed by atoms with Crippen LogP contribution in [-0.4, -0.2) is 50.4 Å². The molecule has 3 aliphatic rings. The van der Waals surface area contributed by atoms with Crippen molar-refractivity contribution in [3.05, 3.63) is 70.6 Å². The summed E-state index contributed by atoms with van der Waals surface area (Å²) in [4.78, 5) is 35.0. The molecular weight excluding hydrogens is 456 g/mol. The van der Waals surface area contributed by atoms with Crippen molar-refractivity contribution in [2.75, 3.05) is 6.54 Å². The lowest BCUT2D eigenvalue weighted by Gasteiger charge is -2.49. The third-order valence-electron chi connectivity index (χ3n) is 8.28. The highest BCUT2D eigenvalue weighted by Crippen LogP contribution is 2.43. The second-order valence-corrected chi connectivity index (χ2v) is 10.4. The fourth-order valence-electron chi connectivity index (χ4n) is 6.50. The fraction of sp³-hybridized carbons (Fsp3) is 0.429. The molecule has 36 heavy (non-hydrogen) atoms. The monoisotopic (exact) mass is 488 g/mol. The van der Waals surface area contributed by atoms with Crippen molar-refractivity contribution in [2.45, 2.75) is 69.5 Å². The van der Waals surface area contributed by atoms with E-state index in [9.17, 15) is 20.0 Å². The molecule has 2 amide bonds.